The molecule has 0 spiro atoms. The second-order valence-corrected chi connectivity index (χ2v) is 3.91. The number of rotatable bonds is 3. The fourth-order valence-electron chi connectivity index (χ4n) is 1.77. The first-order valence-corrected chi connectivity index (χ1v) is 5.49. The third-order valence-electron chi connectivity index (χ3n) is 2.51. The highest BCUT2D eigenvalue weighted by molar-refractivity contribution is 5.90. The van der Waals surface area contributed by atoms with Gasteiger partial charge in [-0.2, -0.15) is 0 Å². The van der Waals surface area contributed by atoms with Gasteiger partial charge < -0.3 is 15.4 Å². The molecule has 1 unspecified atom stereocenters. The van der Waals surface area contributed by atoms with E-state index in [4.69, 9.17) is 4.74 Å². The first kappa shape index (κ1) is 11.0. The van der Waals surface area contributed by atoms with Gasteiger partial charge in [0.25, 0.3) is 0 Å². The van der Waals surface area contributed by atoms with Crippen LogP contribution in [0.2, 0.25) is 0 Å². The van der Waals surface area contributed by atoms with Gasteiger partial charge in [-0.25, -0.2) is 0 Å². The van der Waals surface area contributed by atoms with Crippen LogP contribution in [0.4, 0.5) is 5.69 Å². The molecule has 4 heteroatoms. The number of nitrogens with one attached hydrogen (secondary N) is 2. The van der Waals surface area contributed by atoms with Crippen molar-refractivity contribution in [3.05, 3.63) is 24.3 Å². The van der Waals surface area contributed by atoms with Crippen LogP contribution < -0.4 is 15.4 Å². The summed E-state index contributed by atoms with van der Waals surface area (Å²) in [5, 5.41) is 6.00. The molecule has 4 nitrogen and oxygen atoms in total. The Hall–Kier alpha value is -1.55. The largest absolute Gasteiger partial charge is 0.487 e. The average Bonchev–Trinajstić information content (AvgIpc) is 2.73. The highest BCUT2D eigenvalue weighted by Gasteiger charge is 2.17. The minimum Gasteiger partial charge on any atom is -0.487 e. The topological polar surface area (TPSA) is 50.4 Å². The van der Waals surface area contributed by atoms with Gasteiger partial charge >= 0.3 is 0 Å². The zero-order valence-corrected chi connectivity index (χ0v) is 9.32. The van der Waals surface area contributed by atoms with Gasteiger partial charge in [-0.05, 0) is 25.1 Å². The number of hydrogen-bond acceptors (Lipinski definition) is 3. The molecule has 86 valence electrons. The maximum absolute atomic E-state index is 11.0. The normalized spacial score (nSPS) is 19.4. The molecular formula is C12H16N2O2. The van der Waals surface area contributed by atoms with Crippen molar-refractivity contribution < 1.29 is 9.53 Å². The van der Waals surface area contributed by atoms with Gasteiger partial charge in [0.05, 0.1) is 5.69 Å². The SMILES string of the molecule is CC(=O)Nc1ccccc1OC1CCNC1. The Balaban J connectivity index is 2.09. The first-order chi connectivity index (χ1) is 7.75. The van der Waals surface area contributed by atoms with Crippen LogP contribution in [0.1, 0.15) is 13.3 Å². The molecule has 1 aliphatic heterocycles. The van der Waals surface area contributed by atoms with E-state index in [-0.39, 0.29) is 12.0 Å². The van der Waals surface area contributed by atoms with Crippen molar-refractivity contribution in [1.29, 1.82) is 0 Å². The number of ether oxygens (including phenoxy) is 1. The molecule has 1 saturated heterocycles. The number of carbonyl (C=O) groups is 1. The van der Waals surface area contributed by atoms with Crippen molar-refractivity contribution in [2.45, 2.75) is 19.4 Å². The lowest BCUT2D eigenvalue weighted by molar-refractivity contribution is -0.114. The Labute approximate surface area is 95.0 Å². The van der Waals surface area contributed by atoms with Crippen molar-refractivity contribution >= 4 is 11.6 Å². The van der Waals surface area contributed by atoms with Gasteiger partial charge in [-0.1, -0.05) is 12.1 Å². The van der Waals surface area contributed by atoms with Crippen LogP contribution in [0.3, 0.4) is 0 Å². The van der Waals surface area contributed by atoms with E-state index >= 15 is 0 Å². The Morgan fingerprint density at radius 3 is 3.00 bits per heavy atom. The maximum atomic E-state index is 11.0. The third kappa shape index (κ3) is 2.73. The molecule has 1 aromatic carbocycles. The van der Waals surface area contributed by atoms with Crippen molar-refractivity contribution in [3.63, 3.8) is 0 Å². The van der Waals surface area contributed by atoms with Crippen LogP contribution in [0.5, 0.6) is 5.75 Å². The van der Waals surface area contributed by atoms with E-state index in [2.05, 4.69) is 10.6 Å². The molecule has 16 heavy (non-hydrogen) atoms. The summed E-state index contributed by atoms with van der Waals surface area (Å²) in [7, 11) is 0. The lowest BCUT2D eigenvalue weighted by Crippen LogP contribution is -2.20. The zero-order chi connectivity index (χ0) is 11.4. The molecule has 1 amide bonds. The summed E-state index contributed by atoms with van der Waals surface area (Å²) in [5.41, 5.74) is 0.738. The molecule has 1 fully saturated rings. The number of benzene rings is 1. The number of carbonyl (C=O) groups excluding carboxylic acids is 1. The summed E-state index contributed by atoms with van der Waals surface area (Å²) < 4.78 is 5.83. The molecule has 1 aliphatic rings. The first-order valence-electron chi connectivity index (χ1n) is 5.49. The van der Waals surface area contributed by atoms with Gasteiger partial charge in [0.15, 0.2) is 0 Å². The quantitative estimate of drug-likeness (QED) is 0.809. The van der Waals surface area contributed by atoms with Gasteiger partial charge in [0.1, 0.15) is 11.9 Å². The van der Waals surface area contributed by atoms with E-state index in [0.717, 1.165) is 30.9 Å². The second kappa shape index (κ2) is 4.99. The predicted octanol–water partition coefficient (Wildman–Crippen LogP) is 1.39. The van der Waals surface area contributed by atoms with Crippen molar-refractivity contribution in [2.24, 2.45) is 0 Å². The monoisotopic (exact) mass is 220 g/mol. The number of anilines is 1. The van der Waals surface area contributed by atoms with Crippen LogP contribution in [0.15, 0.2) is 24.3 Å². The maximum Gasteiger partial charge on any atom is 0.221 e. The van der Waals surface area contributed by atoms with E-state index in [9.17, 15) is 4.79 Å². The van der Waals surface area contributed by atoms with E-state index in [0.29, 0.717) is 0 Å². The molecule has 2 rings (SSSR count). The molecule has 0 aliphatic carbocycles. The highest BCUT2D eigenvalue weighted by Crippen LogP contribution is 2.25. The molecular weight excluding hydrogens is 204 g/mol. The summed E-state index contributed by atoms with van der Waals surface area (Å²) in [5.74, 6) is 0.659. The minimum absolute atomic E-state index is 0.0828. The lowest BCUT2D eigenvalue weighted by Gasteiger charge is -2.15. The fraction of sp³-hybridized carbons (Fsp3) is 0.417. The lowest BCUT2D eigenvalue weighted by atomic mass is 10.2. The Morgan fingerprint density at radius 2 is 2.31 bits per heavy atom. The van der Waals surface area contributed by atoms with Gasteiger partial charge in [0.2, 0.25) is 5.91 Å². The summed E-state index contributed by atoms with van der Waals surface area (Å²) in [6, 6.07) is 7.51. The number of hydrogen-bond donors (Lipinski definition) is 2. The Morgan fingerprint density at radius 1 is 1.50 bits per heavy atom. The van der Waals surface area contributed by atoms with E-state index in [1.807, 2.05) is 24.3 Å². The summed E-state index contributed by atoms with van der Waals surface area (Å²) in [6.45, 7) is 3.36. The van der Waals surface area contributed by atoms with Crippen molar-refractivity contribution in [2.75, 3.05) is 18.4 Å². The zero-order valence-electron chi connectivity index (χ0n) is 9.32. The van der Waals surface area contributed by atoms with Crippen LogP contribution in [-0.4, -0.2) is 25.1 Å². The number of amides is 1. The molecule has 0 saturated carbocycles. The highest BCUT2D eigenvalue weighted by atomic mass is 16.5. The molecule has 0 aromatic heterocycles. The predicted molar refractivity (Wildman–Crippen MR) is 62.6 cm³/mol. The van der Waals surface area contributed by atoms with E-state index < -0.39 is 0 Å². The molecule has 2 N–H and O–H groups in total. The Kier molecular flexibility index (Phi) is 3.41. The standard InChI is InChI=1S/C12H16N2O2/c1-9(15)14-11-4-2-3-5-12(11)16-10-6-7-13-8-10/h2-5,10,13H,6-8H2,1H3,(H,14,15). The molecule has 1 atom stereocenters. The van der Waals surface area contributed by atoms with Gasteiger partial charge in [0, 0.05) is 13.5 Å². The summed E-state index contributed by atoms with van der Waals surface area (Å²) in [6.07, 6.45) is 1.21. The summed E-state index contributed by atoms with van der Waals surface area (Å²) in [4.78, 5) is 11.0. The fourth-order valence-corrected chi connectivity index (χ4v) is 1.77. The summed E-state index contributed by atoms with van der Waals surface area (Å²) >= 11 is 0. The van der Waals surface area contributed by atoms with Gasteiger partial charge in [-0.3, -0.25) is 4.79 Å². The molecule has 0 bridgehead atoms. The van der Waals surface area contributed by atoms with E-state index in [1.54, 1.807) is 0 Å². The minimum atomic E-state index is -0.0828. The van der Waals surface area contributed by atoms with Crippen LogP contribution in [0.25, 0.3) is 0 Å². The third-order valence-corrected chi connectivity index (χ3v) is 2.51. The number of para-hydroxylation sites is 2. The smallest absolute Gasteiger partial charge is 0.221 e. The second-order valence-electron chi connectivity index (χ2n) is 3.91. The van der Waals surface area contributed by atoms with Crippen LogP contribution in [-0.2, 0) is 4.79 Å². The van der Waals surface area contributed by atoms with Crippen LogP contribution >= 0.6 is 0 Å². The Bertz CT molecular complexity index is 373. The van der Waals surface area contributed by atoms with Crippen molar-refractivity contribution in [3.8, 4) is 5.75 Å². The average molecular weight is 220 g/mol. The van der Waals surface area contributed by atoms with E-state index in [1.165, 1.54) is 6.92 Å². The molecule has 1 aromatic rings. The van der Waals surface area contributed by atoms with Crippen molar-refractivity contribution in [1.82, 2.24) is 5.32 Å². The van der Waals surface area contributed by atoms with Gasteiger partial charge in [-0.15, -0.1) is 0 Å². The molecule has 0 radical (unpaired) electrons. The van der Waals surface area contributed by atoms with Crippen LogP contribution in [0, 0.1) is 0 Å². The molecule has 1 heterocycles.